The molecule has 0 unspecified atom stereocenters. The molecule has 26 heavy (non-hydrogen) atoms. The zero-order valence-electron chi connectivity index (χ0n) is 13.1. The summed E-state index contributed by atoms with van der Waals surface area (Å²) < 4.78 is 4.93. The van der Waals surface area contributed by atoms with E-state index in [0.29, 0.717) is 15.8 Å². The highest BCUT2D eigenvalue weighted by Crippen LogP contribution is 2.30. The number of ether oxygens (including phenoxy) is 1. The first-order valence-corrected chi connectivity index (χ1v) is 8.95. The number of amides is 1. The fraction of sp³-hybridized carbons (Fsp3) is 0.0588. The lowest BCUT2D eigenvalue weighted by molar-refractivity contribution is -0.119. The molecule has 0 radical (unpaired) electrons. The summed E-state index contributed by atoms with van der Waals surface area (Å²) in [6.07, 6.45) is 1.28. The summed E-state index contributed by atoms with van der Waals surface area (Å²) in [4.78, 5) is 31.8. The molecule has 0 saturated heterocycles. The van der Waals surface area contributed by atoms with Crippen LogP contribution in [0.2, 0.25) is 10.2 Å². The number of hydrogen-bond acceptors (Lipinski definition) is 6. The zero-order valence-corrected chi connectivity index (χ0v) is 15.4. The Hall–Kier alpha value is -2.48. The van der Waals surface area contributed by atoms with Gasteiger partial charge in [-0.1, -0.05) is 41.4 Å². The molecule has 6 nitrogen and oxygen atoms in total. The van der Waals surface area contributed by atoms with E-state index in [1.54, 1.807) is 11.4 Å². The number of nitrogens with one attached hydrogen (secondary N) is 1. The van der Waals surface area contributed by atoms with E-state index >= 15 is 0 Å². The highest BCUT2D eigenvalue weighted by atomic mass is 35.5. The van der Waals surface area contributed by atoms with Crippen LogP contribution in [-0.2, 0) is 9.53 Å². The lowest BCUT2D eigenvalue weighted by Crippen LogP contribution is -2.20. The van der Waals surface area contributed by atoms with E-state index in [-0.39, 0.29) is 10.7 Å². The lowest BCUT2D eigenvalue weighted by Gasteiger charge is -2.04. The first kappa shape index (κ1) is 18.3. The number of carbonyl (C=O) groups excluding carboxylic acids is 2. The molecule has 2 heterocycles. The number of pyridine rings is 1. The van der Waals surface area contributed by atoms with Crippen molar-refractivity contribution in [3.63, 3.8) is 0 Å². The number of benzene rings is 1. The molecule has 0 bridgehead atoms. The monoisotopic (exact) mass is 407 g/mol. The molecule has 1 aromatic carbocycles. The molecule has 2 aromatic heterocycles. The van der Waals surface area contributed by atoms with Gasteiger partial charge in [-0.2, -0.15) is 0 Å². The van der Waals surface area contributed by atoms with Crippen LogP contribution in [0.25, 0.3) is 11.3 Å². The van der Waals surface area contributed by atoms with Gasteiger partial charge in [0.05, 0.1) is 11.3 Å². The van der Waals surface area contributed by atoms with Crippen molar-refractivity contribution in [1.82, 2.24) is 9.97 Å². The van der Waals surface area contributed by atoms with Gasteiger partial charge in [-0.05, 0) is 18.2 Å². The van der Waals surface area contributed by atoms with E-state index < -0.39 is 18.5 Å². The summed E-state index contributed by atoms with van der Waals surface area (Å²) in [7, 11) is 0. The number of esters is 1. The molecule has 1 N–H and O–H groups in total. The van der Waals surface area contributed by atoms with Gasteiger partial charge in [-0.25, -0.2) is 14.8 Å². The van der Waals surface area contributed by atoms with Crippen molar-refractivity contribution < 1.29 is 14.3 Å². The Morgan fingerprint density at radius 1 is 1.15 bits per heavy atom. The van der Waals surface area contributed by atoms with E-state index in [0.717, 1.165) is 5.56 Å². The van der Waals surface area contributed by atoms with Gasteiger partial charge >= 0.3 is 5.97 Å². The van der Waals surface area contributed by atoms with Gasteiger partial charge in [0.1, 0.15) is 5.15 Å². The zero-order chi connectivity index (χ0) is 18.5. The first-order chi connectivity index (χ1) is 12.5. The van der Waals surface area contributed by atoms with E-state index in [4.69, 9.17) is 27.9 Å². The molecular weight excluding hydrogens is 397 g/mol. The molecule has 0 spiro atoms. The molecule has 3 aromatic rings. The number of nitrogens with zero attached hydrogens (tertiary/aromatic N) is 2. The fourth-order valence-corrected chi connectivity index (χ4v) is 3.06. The van der Waals surface area contributed by atoms with Crippen LogP contribution >= 0.6 is 34.5 Å². The first-order valence-electron chi connectivity index (χ1n) is 7.32. The van der Waals surface area contributed by atoms with Gasteiger partial charge in [-0.3, -0.25) is 10.1 Å². The number of carbonyl (C=O) groups is 2. The standard InChI is InChI=1S/C17H11Cl2N3O3S/c18-12-4-2-1-3-11(12)13-9-26-17(21-13)22-15(23)8-25-16(24)10-5-6-14(19)20-7-10/h1-7,9H,8H2,(H,21,22,23). The topological polar surface area (TPSA) is 81.2 Å². The number of thiazole rings is 1. The Labute approximate surface area is 162 Å². The second-order valence-electron chi connectivity index (χ2n) is 5.01. The number of anilines is 1. The van der Waals surface area contributed by atoms with Crippen molar-refractivity contribution in [3.8, 4) is 11.3 Å². The van der Waals surface area contributed by atoms with Crippen LogP contribution in [0.1, 0.15) is 10.4 Å². The molecule has 0 aliphatic rings. The molecule has 0 atom stereocenters. The predicted molar refractivity (Wildman–Crippen MR) is 101 cm³/mol. The number of hydrogen-bond donors (Lipinski definition) is 1. The van der Waals surface area contributed by atoms with E-state index in [1.807, 2.05) is 18.2 Å². The van der Waals surface area contributed by atoms with Crippen LogP contribution in [0.15, 0.2) is 48.0 Å². The third kappa shape index (κ3) is 4.57. The van der Waals surface area contributed by atoms with Crippen molar-refractivity contribution in [1.29, 1.82) is 0 Å². The minimum absolute atomic E-state index is 0.206. The fourth-order valence-electron chi connectivity index (χ4n) is 1.99. The van der Waals surface area contributed by atoms with Crippen LogP contribution in [0.4, 0.5) is 5.13 Å². The molecule has 132 valence electrons. The summed E-state index contributed by atoms with van der Waals surface area (Å²) in [5.74, 6) is -1.17. The smallest absolute Gasteiger partial charge is 0.340 e. The normalized spacial score (nSPS) is 10.4. The van der Waals surface area contributed by atoms with Gasteiger partial charge in [0, 0.05) is 22.2 Å². The van der Waals surface area contributed by atoms with Gasteiger partial charge < -0.3 is 4.74 Å². The second kappa shape index (κ2) is 8.27. The quantitative estimate of drug-likeness (QED) is 0.503. The lowest BCUT2D eigenvalue weighted by atomic mass is 10.2. The molecule has 3 rings (SSSR count). The van der Waals surface area contributed by atoms with Crippen molar-refractivity contribution in [2.24, 2.45) is 0 Å². The summed E-state index contributed by atoms with van der Waals surface area (Å²) in [5.41, 5.74) is 1.63. The van der Waals surface area contributed by atoms with Crippen molar-refractivity contribution in [2.75, 3.05) is 11.9 Å². The van der Waals surface area contributed by atoms with Crippen LogP contribution in [0, 0.1) is 0 Å². The number of halogens is 2. The maximum absolute atomic E-state index is 11.9. The van der Waals surface area contributed by atoms with Crippen LogP contribution in [-0.4, -0.2) is 28.5 Å². The summed E-state index contributed by atoms with van der Waals surface area (Å²) in [6.45, 7) is -0.442. The Balaban J connectivity index is 1.56. The van der Waals surface area contributed by atoms with Crippen molar-refractivity contribution in [3.05, 3.63) is 63.7 Å². The molecule has 9 heteroatoms. The molecule has 0 saturated carbocycles. The minimum Gasteiger partial charge on any atom is -0.452 e. The SMILES string of the molecule is O=C(COC(=O)c1ccc(Cl)nc1)Nc1nc(-c2ccccc2Cl)cs1. The average Bonchev–Trinajstić information content (AvgIpc) is 3.09. The van der Waals surface area contributed by atoms with Gasteiger partial charge in [0.2, 0.25) is 0 Å². The van der Waals surface area contributed by atoms with Crippen LogP contribution in [0.3, 0.4) is 0 Å². The van der Waals surface area contributed by atoms with Crippen LogP contribution in [0.5, 0.6) is 0 Å². The molecule has 1 amide bonds. The Morgan fingerprint density at radius 2 is 1.96 bits per heavy atom. The third-order valence-electron chi connectivity index (χ3n) is 3.20. The third-order valence-corrected chi connectivity index (χ3v) is 4.51. The maximum Gasteiger partial charge on any atom is 0.340 e. The van der Waals surface area contributed by atoms with Crippen molar-refractivity contribution >= 4 is 51.5 Å². The predicted octanol–water partition coefficient (Wildman–Crippen LogP) is 4.31. The van der Waals surface area contributed by atoms with E-state index in [2.05, 4.69) is 15.3 Å². The average molecular weight is 408 g/mol. The van der Waals surface area contributed by atoms with Gasteiger partial charge in [0.25, 0.3) is 5.91 Å². The Bertz CT molecular complexity index is 944. The molecular formula is C17H11Cl2N3O3S. The maximum atomic E-state index is 11.9. The second-order valence-corrected chi connectivity index (χ2v) is 6.66. The Kier molecular flexibility index (Phi) is 5.82. The molecule has 0 aliphatic heterocycles. The summed E-state index contributed by atoms with van der Waals surface area (Å²) >= 11 is 13.0. The Morgan fingerprint density at radius 3 is 2.69 bits per heavy atom. The van der Waals surface area contributed by atoms with Crippen LogP contribution < -0.4 is 5.32 Å². The minimum atomic E-state index is -0.666. The number of rotatable bonds is 5. The summed E-state index contributed by atoms with van der Waals surface area (Å²) in [6, 6.07) is 10.2. The summed E-state index contributed by atoms with van der Waals surface area (Å²) in [5, 5.41) is 5.57. The highest BCUT2D eigenvalue weighted by Gasteiger charge is 2.13. The van der Waals surface area contributed by atoms with Gasteiger partial charge in [0.15, 0.2) is 11.7 Å². The van der Waals surface area contributed by atoms with Crippen molar-refractivity contribution in [2.45, 2.75) is 0 Å². The molecule has 0 aliphatic carbocycles. The van der Waals surface area contributed by atoms with Gasteiger partial charge in [-0.15, -0.1) is 11.3 Å². The highest BCUT2D eigenvalue weighted by molar-refractivity contribution is 7.14. The van der Waals surface area contributed by atoms with E-state index in [9.17, 15) is 9.59 Å². The largest absolute Gasteiger partial charge is 0.452 e. The van der Waals surface area contributed by atoms with E-state index in [1.165, 1.54) is 29.7 Å². The molecule has 0 fully saturated rings. The number of aromatic nitrogens is 2.